The summed E-state index contributed by atoms with van der Waals surface area (Å²) in [4.78, 5) is 25.0. The second kappa shape index (κ2) is 7.46. The molecule has 1 rings (SSSR count). The summed E-state index contributed by atoms with van der Waals surface area (Å²) < 4.78 is 5.27. The first-order valence-corrected chi connectivity index (χ1v) is 6.91. The second-order valence-electron chi connectivity index (χ2n) is 5.87. The third-order valence-corrected chi connectivity index (χ3v) is 2.67. The number of nitrogens with one attached hydrogen (secondary N) is 1. The number of ether oxygens (including phenoxy) is 1. The lowest BCUT2D eigenvalue weighted by Crippen LogP contribution is -2.33. The molecule has 0 saturated carbocycles. The van der Waals surface area contributed by atoms with Crippen LogP contribution < -0.4 is 5.32 Å². The molecule has 0 atom stereocenters. The van der Waals surface area contributed by atoms with E-state index in [0.29, 0.717) is 12.1 Å². The number of benzene rings is 1. The maximum atomic E-state index is 11.9. The Morgan fingerprint density at radius 3 is 2.36 bits per heavy atom. The highest BCUT2D eigenvalue weighted by molar-refractivity contribution is 5.94. The van der Waals surface area contributed by atoms with Gasteiger partial charge in [-0.25, -0.2) is 4.79 Å². The fourth-order valence-electron chi connectivity index (χ4n) is 1.66. The molecule has 118 valence electrons. The molecule has 2 amide bonds. The van der Waals surface area contributed by atoms with E-state index in [1.165, 1.54) is 4.90 Å². The predicted octanol–water partition coefficient (Wildman–Crippen LogP) is 2.31. The van der Waals surface area contributed by atoms with Crippen LogP contribution in [0.15, 0.2) is 24.3 Å². The van der Waals surface area contributed by atoms with E-state index in [-0.39, 0.29) is 12.5 Å². The van der Waals surface area contributed by atoms with Gasteiger partial charge in [0.1, 0.15) is 12.1 Å². The van der Waals surface area contributed by atoms with Gasteiger partial charge in [0.15, 0.2) is 0 Å². The summed E-state index contributed by atoms with van der Waals surface area (Å²) >= 11 is 0. The smallest absolute Gasteiger partial charge is 0.410 e. The van der Waals surface area contributed by atoms with Crippen molar-refractivity contribution < 1.29 is 14.3 Å². The fourth-order valence-corrected chi connectivity index (χ4v) is 1.66. The summed E-state index contributed by atoms with van der Waals surface area (Å²) in [6, 6.07) is 8.69. The quantitative estimate of drug-likeness (QED) is 0.865. The summed E-state index contributed by atoms with van der Waals surface area (Å²) in [6.07, 6.45) is -0.400. The molecule has 0 heterocycles. The number of carbonyl (C=O) groups excluding carboxylic acids is 2. The Morgan fingerprint density at radius 2 is 1.86 bits per heavy atom. The van der Waals surface area contributed by atoms with Crippen LogP contribution in [0.25, 0.3) is 0 Å². The van der Waals surface area contributed by atoms with Crippen molar-refractivity contribution in [2.24, 2.45) is 0 Å². The first-order valence-electron chi connectivity index (χ1n) is 6.91. The SMILES string of the molecule is CN(Cc1ccc(C(=O)NCC#N)cc1)C(=O)OC(C)(C)C. The average molecular weight is 303 g/mol. The molecule has 0 radical (unpaired) electrons. The lowest BCUT2D eigenvalue weighted by atomic mass is 10.1. The van der Waals surface area contributed by atoms with Crippen LogP contribution in [0.1, 0.15) is 36.7 Å². The van der Waals surface area contributed by atoms with Crippen molar-refractivity contribution in [2.45, 2.75) is 32.9 Å². The van der Waals surface area contributed by atoms with E-state index in [9.17, 15) is 9.59 Å². The maximum absolute atomic E-state index is 11.9. The molecule has 0 aliphatic carbocycles. The molecule has 0 saturated heterocycles. The van der Waals surface area contributed by atoms with Crippen molar-refractivity contribution in [1.29, 1.82) is 5.26 Å². The molecular formula is C16H21N3O3. The van der Waals surface area contributed by atoms with Crippen LogP contribution in [0.5, 0.6) is 0 Å². The van der Waals surface area contributed by atoms with Crippen molar-refractivity contribution in [1.82, 2.24) is 10.2 Å². The Morgan fingerprint density at radius 1 is 1.27 bits per heavy atom. The van der Waals surface area contributed by atoms with Gasteiger partial charge in [-0.2, -0.15) is 5.26 Å². The molecule has 0 unspecified atom stereocenters. The molecule has 0 aromatic heterocycles. The van der Waals surface area contributed by atoms with Crippen LogP contribution >= 0.6 is 0 Å². The number of rotatable bonds is 4. The lowest BCUT2D eigenvalue weighted by molar-refractivity contribution is 0.0285. The highest BCUT2D eigenvalue weighted by atomic mass is 16.6. The molecule has 6 nitrogen and oxygen atoms in total. The Hall–Kier alpha value is -2.55. The monoisotopic (exact) mass is 303 g/mol. The highest BCUT2D eigenvalue weighted by Gasteiger charge is 2.19. The molecule has 1 aromatic carbocycles. The van der Waals surface area contributed by atoms with Crippen molar-refractivity contribution >= 4 is 12.0 Å². The third kappa shape index (κ3) is 5.83. The largest absolute Gasteiger partial charge is 0.444 e. The van der Waals surface area contributed by atoms with E-state index in [2.05, 4.69) is 5.32 Å². The van der Waals surface area contributed by atoms with Crippen molar-refractivity contribution in [2.75, 3.05) is 13.6 Å². The fraction of sp³-hybridized carbons (Fsp3) is 0.438. The van der Waals surface area contributed by atoms with Crippen molar-refractivity contribution in [3.8, 4) is 6.07 Å². The number of hydrogen-bond donors (Lipinski definition) is 1. The topological polar surface area (TPSA) is 82.4 Å². The van der Waals surface area contributed by atoms with Gasteiger partial charge in [-0.3, -0.25) is 4.79 Å². The first-order chi connectivity index (χ1) is 10.2. The van der Waals surface area contributed by atoms with Crippen molar-refractivity contribution in [3.63, 3.8) is 0 Å². The zero-order chi connectivity index (χ0) is 16.8. The zero-order valence-corrected chi connectivity index (χ0v) is 13.3. The van der Waals surface area contributed by atoms with E-state index < -0.39 is 11.7 Å². The normalized spacial score (nSPS) is 10.5. The van der Waals surface area contributed by atoms with Gasteiger partial charge < -0.3 is 15.0 Å². The number of hydrogen-bond acceptors (Lipinski definition) is 4. The molecule has 0 aliphatic rings. The molecule has 6 heteroatoms. The molecule has 0 aliphatic heterocycles. The molecule has 0 fully saturated rings. The number of carbonyl (C=O) groups is 2. The summed E-state index contributed by atoms with van der Waals surface area (Å²) in [6.45, 7) is 5.80. The van der Waals surface area contributed by atoms with Crippen LogP contribution in [-0.4, -0.2) is 36.1 Å². The lowest BCUT2D eigenvalue weighted by Gasteiger charge is -2.24. The van der Waals surface area contributed by atoms with Crippen molar-refractivity contribution in [3.05, 3.63) is 35.4 Å². The van der Waals surface area contributed by atoms with Gasteiger partial charge >= 0.3 is 6.09 Å². The molecule has 0 spiro atoms. The van der Waals surface area contributed by atoms with Gasteiger partial charge in [-0.1, -0.05) is 12.1 Å². The summed E-state index contributed by atoms with van der Waals surface area (Å²) in [5, 5.41) is 10.9. The molecule has 1 N–H and O–H groups in total. The van der Waals surface area contributed by atoms with E-state index in [0.717, 1.165) is 5.56 Å². The summed E-state index contributed by atoms with van der Waals surface area (Å²) in [5.74, 6) is -0.298. The van der Waals surface area contributed by atoms with Gasteiger partial charge in [-0.15, -0.1) is 0 Å². The molecule has 0 bridgehead atoms. The maximum Gasteiger partial charge on any atom is 0.410 e. The molecular weight excluding hydrogens is 282 g/mol. The summed E-state index contributed by atoms with van der Waals surface area (Å²) in [5.41, 5.74) is 0.817. The standard InChI is InChI=1S/C16H21N3O3/c1-16(2,3)22-15(21)19(4)11-12-5-7-13(8-6-12)14(20)18-10-9-17/h5-8H,10-11H2,1-4H3,(H,18,20). The Balaban J connectivity index is 2.62. The van der Waals surface area contributed by atoms with E-state index >= 15 is 0 Å². The molecule has 22 heavy (non-hydrogen) atoms. The highest BCUT2D eigenvalue weighted by Crippen LogP contribution is 2.12. The second-order valence-corrected chi connectivity index (χ2v) is 5.87. The average Bonchev–Trinajstić information content (AvgIpc) is 2.43. The van der Waals surface area contributed by atoms with Crippen LogP contribution in [0.3, 0.4) is 0 Å². The van der Waals surface area contributed by atoms with E-state index in [1.807, 2.05) is 26.8 Å². The third-order valence-electron chi connectivity index (χ3n) is 2.67. The predicted molar refractivity (Wildman–Crippen MR) is 82.1 cm³/mol. The Kier molecular flexibility index (Phi) is 5.93. The van der Waals surface area contributed by atoms with E-state index in [4.69, 9.17) is 10.00 Å². The van der Waals surface area contributed by atoms with Crippen LogP contribution in [0.2, 0.25) is 0 Å². The van der Waals surface area contributed by atoms with Gasteiger partial charge in [0, 0.05) is 19.2 Å². The number of nitrogens with zero attached hydrogens (tertiary/aromatic N) is 2. The minimum absolute atomic E-state index is 0.0258. The van der Waals surface area contributed by atoms with Gasteiger partial charge in [-0.05, 0) is 38.5 Å². The number of amides is 2. The van der Waals surface area contributed by atoms with Gasteiger partial charge in [0.2, 0.25) is 0 Å². The van der Waals surface area contributed by atoms with Gasteiger partial charge in [0.25, 0.3) is 5.91 Å². The van der Waals surface area contributed by atoms with Crippen LogP contribution in [0.4, 0.5) is 4.79 Å². The summed E-state index contributed by atoms with van der Waals surface area (Å²) in [7, 11) is 1.65. The van der Waals surface area contributed by atoms with Gasteiger partial charge in [0.05, 0.1) is 6.07 Å². The molecule has 1 aromatic rings. The minimum atomic E-state index is -0.534. The zero-order valence-electron chi connectivity index (χ0n) is 13.3. The van der Waals surface area contributed by atoms with E-state index in [1.54, 1.807) is 31.3 Å². The number of nitriles is 1. The minimum Gasteiger partial charge on any atom is -0.444 e. The van der Waals surface area contributed by atoms with Crippen LogP contribution in [-0.2, 0) is 11.3 Å². The first kappa shape index (κ1) is 17.5. The Labute approximate surface area is 130 Å². The Bertz CT molecular complexity index is 568. The van der Waals surface area contributed by atoms with Crippen LogP contribution in [0, 0.1) is 11.3 Å².